The highest BCUT2D eigenvalue weighted by atomic mass is 32.1. The molecule has 1 N–H and O–H groups in total. The Morgan fingerprint density at radius 1 is 1.19 bits per heavy atom. The van der Waals surface area contributed by atoms with Crippen molar-refractivity contribution >= 4 is 16.5 Å². The van der Waals surface area contributed by atoms with Crippen LogP contribution >= 0.6 is 11.3 Å². The largest absolute Gasteiger partial charge is 0.354 e. The second-order valence-electron chi connectivity index (χ2n) is 4.03. The highest BCUT2D eigenvalue weighted by Gasteiger charge is 2.07. The maximum Gasteiger partial charge on any atom is 0.205 e. The van der Waals surface area contributed by atoms with Gasteiger partial charge in [0.05, 0.1) is 6.04 Å². The van der Waals surface area contributed by atoms with Gasteiger partial charge in [-0.2, -0.15) is 0 Å². The summed E-state index contributed by atoms with van der Waals surface area (Å²) in [5.74, 6) is 0. The summed E-state index contributed by atoms with van der Waals surface area (Å²) in [4.78, 5) is 0. The summed E-state index contributed by atoms with van der Waals surface area (Å²) in [6.45, 7) is 6.37. The van der Waals surface area contributed by atoms with E-state index >= 15 is 0 Å². The molecule has 0 saturated carbocycles. The van der Waals surface area contributed by atoms with Crippen molar-refractivity contribution in [2.75, 3.05) is 5.32 Å². The molecule has 1 heterocycles. The van der Waals surface area contributed by atoms with Crippen LogP contribution in [0.25, 0.3) is 0 Å². The molecule has 0 aliphatic carbocycles. The highest BCUT2D eigenvalue weighted by Crippen LogP contribution is 2.21. The number of aromatic nitrogens is 2. The maximum atomic E-state index is 3.98. The summed E-state index contributed by atoms with van der Waals surface area (Å²) in [7, 11) is 0. The maximum absolute atomic E-state index is 3.98. The van der Waals surface area contributed by atoms with Gasteiger partial charge in [0, 0.05) is 0 Å². The van der Waals surface area contributed by atoms with Crippen molar-refractivity contribution in [1.82, 2.24) is 10.2 Å². The third-order valence-corrected chi connectivity index (χ3v) is 3.07. The zero-order valence-corrected chi connectivity index (χ0v) is 10.5. The van der Waals surface area contributed by atoms with Gasteiger partial charge in [-0.1, -0.05) is 40.7 Å². The molecule has 2 rings (SSSR count). The molecule has 0 saturated heterocycles. The Morgan fingerprint density at radius 2 is 1.88 bits per heavy atom. The summed E-state index contributed by atoms with van der Waals surface area (Å²) in [6, 6.07) is 6.84. The van der Waals surface area contributed by atoms with Gasteiger partial charge in [-0.3, -0.25) is 0 Å². The number of hydrogen-bond acceptors (Lipinski definition) is 4. The van der Waals surface area contributed by atoms with E-state index in [1.807, 2.05) is 0 Å². The predicted octanol–water partition coefficient (Wildman–Crippen LogP) is 3.33. The molecular formula is C12H15N3S. The minimum Gasteiger partial charge on any atom is -0.354 e. The van der Waals surface area contributed by atoms with Crippen LogP contribution < -0.4 is 5.32 Å². The monoisotopic (exact) mass is 233 g/mol. The van der Waals surface area contributed by atoms with Crippen LogP contribution in [0.3, 0.4) is 0 Å². The van der Waals surface area contributed by atoms with Crippen LogP contribution in [0.5, 0.6) is 0 Å². The van der Waals surface area contributed by atoms with Crippen molar-refractivity contribution in [3.05, 3.63) is 40.4 Å². The standard InChI is InChI=1S/C12H15N3S/c1-8-4-9(2)6-11(5-8)10(3)14-12-15-13-7-16-12/h4-7,10H,1-3H3,(H,14,15). The van der Waals surface area contributed by atoms with E-state index in [1.165, 1.54) is 28.0 Å². The van der Waals surface area contributed by atoms with E-state index in [-0.39, 0.29) is 6.04 Å². The van der Waals surface area contributed by atoms with E-state index < -0.39 is 0 Å². The molecule has 16 heavy (non-hydrogen) atoms. The van der Waals surface area contributed by atoms with Crippen molar-refractivity contribution in [1.29, 1.82) is 0 Å². The average Bonchev–Trinajstić information content (AvgIpc) is 2.68. The lowest BCUT2D eigenvalue weighted by molar-refractivity contribution is 0.870. The topological polar surface area (TPSA) is 37.8 Å². The molecule has 0 fully saturated rings. The van der Waals surface area contributed by atoms with Crippen molar-refractivity contribution in [2.24, 2.45) is 0 Å². The fraction of sp³-hybridized carbons (Fsp3) is 0.333. The first-order valence-electron chi connectivity index (χ1n) is 5.26. The number of nitrogens with zero attached hydrogens (tertiary/aromatic N) is 2. The van der Waals surface area contributed by atoms with E-state index in [0.29, 0.717) is 0 Å². The summed E-state index contributed by atoms with van der Waals surface area (Å²) in [5.41, 5.74) is 5.60. The Kier molecular flexibility index (Phi) is 3.19. The second kappa shape index (κ2) is 4.61. The van der Waals surface area contributed by atoms with Gasteiger partial charge in [0.1, 0.15) is 5.51 Å². The lowest BCUT2D eigenvalue weighted by Crippen LogP contribution is -2.06. The molecule has 0 aliphatic heterocycles. The van der Waals surface area contributed by atoms with Crippen molar-refractivity contribution in [3.63, 3.8) is 0 Å². The smallest absolute Gasteiger partial charge is 0.205 e. The summed E-state index contributed by atoms with van der Waals surface area (Å²) in [5, 5.41) is 12.0. The van der Waals surface area contributed by atoms with E-state index in [2.05, 4.69) is 54.5 Å². The quantitative estimate of drug-likeness (QED) is 0.883. The number of aryl methyl sites for hydroxylation is 2. The molecule has 0 spiro atoms. The average molecular weight is 233 g/mol. The van der Waals surface area contributed by atoms with Crippen molar-refractivity contribution in [3.8, 4) is 0 Å². The molecule has 84 valence electrons. The van der Waals surface area contributed by atoms with Crippen LogP contribution in [0.15, 0.2) is 23.7 Å². The Hall–Kier alpha value is -1.42. The molecule has 0 bridgehead atoms. The van der Waals surface area contributed by atoms with Crippen LogP contribution in [0.4, 0.5) is 5.13 Å². The van der Waals surface area contributed by atoms with Gasteiger partial charge in [-0.15, -0.1) is 10.2 Å². The molecule has 0 radical (unpaired) electrons. The molecule has 1 aromatic heterocycles. The first-order chi connectivity index (χ1) is 7.65. The molecule has 0 aliphatic rings. The van der Waals surface area contributed by atoms with Gasteiger partial charge in [-0.05, 0) is 26.3 Å². The normalized spacial score (nSPS) is 12.4. The number of rotatable bonds is 3. The molecule has 1 atom stereocenters. The SMILES string of the molecule is Cc1cc(C)cc(C(C)Nc2nncs2)c1. The number of anilines is 1. The first-order valence-corrected chi connectivity index (χ1v) is 6.14. The number of nitrogens with one attached hydrogen (secondary N) is 1. The molecule has 2 aromatic rings. The van der Waals surface area contributed by atoms with Crippen LogP contribution in [-0.2, 0) is 0 Å². The van der Waals surface area contributed by atoms with Crippen LogP contribution in [0.2, 0.25) is 0 Å². The fourth-order valence-corrected chi connectivity index (χ4v) is 2.30. The lowest BCUT2D eigenvalue weighted by Gasteiger charge is -2.14. The molecule has 3 nitrogen and oxygen atoms in total. The van der Waals surface area contributed by atoms with Gasteiger partial charge >= 0.3 is 0 Å². The molecule has 4 heteroatoms. The Morgan fingerprint density at radius 3 is 2.44 bits per heavy atom. The van der Waals surface area contributed by atoms with E-state index in [1.54, 1.807) is 5.51 Å². The Balaban J connectivity index is 2.17. The van der Waals surface area contributed by atoms with Gasteiger partial charge in [0.2, 0.25) is 5.13 Å². The van der Waals surface area contributed by atoms with Gasteiger partial charge < -0.3 is 5.32 Å². The van der Waals surface area contributed by atoms with Crippen LogP contribution in [0, 0.1) is 13.8 Å². The molecular weight excluding hydrogens is 218 g/mol. The second-order valence-corrected chi connectivity index (χ2v) is 4.86. The third-order valence-electron chi connectivity index (χ3n) is 2.44. The minimum absolute atomic E-state index is 0.256. The number of benzene rings is 1. The zero-order valence-electron chi connectivity index (χ0n) is 9.69. The Labute approximate surface area is 99.5 Å². The van der Waals surface area contributed by atoms with Gasteiger partial charge in [0.15, 0.2) is 0 Å². The van der Waals surface area contributed by atoms with Crippen molar-refractivity contribution < 1.29 is 0 Å². The molecule has 1 unspecified atom stereocenters. The van der Waals surface area contributed by atoms with Crippen molar-refractivity contribution in [2.45, 2.75) is 26.8 Å². The lowest BCUT2D eigenvalue weighted by atomic mass is 10.0. The van der Waals surface area contributed by atoms with E-state index in [0.717, 1.165) is 5.13 Å². The first kappa shape index (κ1) is 11.1. The zero-order chi connectivity index (χ0) is 11.5. The summed E-state index contributed by atoms with van der Waals surface area (Å²) in [6.07, 6.45) is 0. The van der Waals surface area contributed by atoms with Crippen LogP contribution in [-0.4, -0.2) is 10.2 Å². The van der Waals surface area contributed by atoms with Gasteiger partial charge in [-0.25, -0.2) is 0 Å². The minimum atomic E-state index is 0.256. The van der Waals surface area contributed by atoms with Crippen LogP contribution in [0.1, 0.15) is 29.7 Å². The number of hydrogen-bond donors (Lipinski definition) is 1. The van der Waals surface area contributed by atoms with Gasteiger partial charge in [0.25, 0.3) is 0 Å². The Bertz CT molecular complexity index is 445. The fourth-order valence-electron chi connectivity index (χ4n) is 1.76. The molecule has 1 aromatic carbocycles. The molecule has 0 amide bonds. The van der Waals surface area contributed by atoms with E-state index in [4.69, 9.17) is 0 Å². The summed E-state index contributed by atoms with van der Waals surface area (Å²) >= 11 is 1.52. The highest BCUT2D eigenvalue weighted by molar-refractivity contribution is 7.13. The summed E-state index contributed by atoms with van der Waals surface area (Å²) < 4.78 is 0. The van der Waals surface area contributed by atoms with E-state index in [9.17, 15) is 0 Å². The predicted molar refractivity (Wildman–Crippen MR) is 67.9 cm³/mol. The third kappa shape index (κ3) is 2.58.